The highest BCUT2D eigenvalue weighted by molar-refractivity contribution is 7.92. The topological polar surface area (TPSA) is 81.4 Å². The van der Waals surface area contributed by atoms with Gasteiger partial charge in [-0.25, -0.2) is 8.42 Å². The molecule has 0 saturated heterocycles. The van der Waals surface area contributed by atoms with Crippen molar-refractivity contribution in [1.29, 1.82) is 0 Å². The number of hydrogen-bond acceptors (Lipinski definition) is 4. The van der Waals surface area contributed by atoms with Gasteiger partial charge in [0, 0.05) is 16.8 Å². The summed E-state index contributed by atoms with van der Waals surface area (Å²) in [5.74, 6) is 0.139. The summed E-state index contributed by atoms with van der Waals surface area (Å²) < 4.78 is 32.3. The van der Waals surface area contributed by atoms with Crippen molar-refractivity contribution in [1.82, 2.24) is 0 Å². The number of hydrogen-bond donors (Lipinski definition) is 2. The number of halogens is 2. The molecule has 2 aromatic rings. The van der Waals surface area contributed by atoms with E-state index >= 15 is 0 Å². The van der Waals surface area contributed by atoms with E-state index in [0.29, 0.717) is 10.7 Å². The van der Waals surface area contributed by atoms with E-state index in [-0.39, 0.29) is 21.4 Å². The van der Waals surface area contributed by atoms with Gasteiger partial charge in [-0.1, -0.05) is 23.2 Å². The number of nitrogens with one attached hydrogen (secondary N) is 1. The molecule has 0 fully saturated rings. The van der Waals surface area contributed by atoms with Crippen molar-refractivity contribution < 1.29 is 13.2 Å². The quantitative estimate of drug-likeness (QED) is 0.831. The summed E-state index contributed by atoms with van der Waals surface area (Å²) in [7, 11) is -2.52. The minimum absolute atomic E-state index is 0.0461. The highest BCUT2D eigenvalue weighted by atomic mass is 35.5. The summed E-state index contributed by atoms with van der Waals surface area (Å²) in [6.45, 7) is 0. The Kier molecular flexibility index (Phi) is 4.51. The summed E-state index contributed by atoms with van der Waals surface area (Å²) in [5, 5.41) is 0.596. The van der Waals surface area contributed by atoms with Crippen LogP contribution in [0.2, 0.25) is 10.0 Å². The third-order valence-corrected chi connectivity index (χ3v) is 4.62. The highest BCUT2D eigenvalue weighted by Crippen LogP contribution is 2.31. The SMILES string of the molecule is COc1cc(N)ccc1S(=O)(=O)Nc1cc(Cl)ccc1Cl. The first-order valence-corrected chi connectivity index (χ1v) is 7.99. The summed E-state index contributed by atoms with van der Waals surface area (Å²) in [6, 6.07) is 8.73. The average Bonchev–Trinajstić information content (AvgIpc) is 2.42. The molecule has 0 unspecified atom stereocenters. The smallest absolute Gasteiger partial charge is 0.265 e. The minimum atomic E-state index is -3.89. The van der Waals surface area contributed by atoms with E-state index in [9.17, 15) is 8.42 Å². The first kappa shape index (κ1) is 15.8. The fraction of sp³-hybridized carbons (Fsp3) is 0.0769. The van der Waals surface area contributed by atoms with Crippen LogP contribution in [-0.4, -0.2) is 15.5 Å². The van der Waals surface area contributed by atoms with E-state index in [4.69, 9.17) is 33.7 Å². The van der Waals surface area contributed by atoms with Crippen LogP contribution < -0.4 is 15.2 Å². The first-order chi connectivity index (χ1) is 9.83. The molecule has 0 aliphatic heterocycles. The zero-order chi connectivity index (χ0) is 15.6. The maximum atomic E-state index is 12.4. The lowest BCUT2D eigenvalue weighted by atomic mass is 10.3. The molecule has 0 aliphatic rings. The molecular formula is C13H12Cl2N2O3S. The molecule has 0 atom stereocenters. The lowest BCUT2D eigenvalue weighted by Crippen LogP contribution is -2.14. The van der Waals surface area contributed by atoms with Gasteiger partial charge in [0.25, 0.3) is 10.0 Å². The Morgan fingerprint density at radius 3 is 2.52 bits per heavy atom. The molecule has 21 heavy (non-hydrogen) atoms. The highest BCUT2D eigenvalue weighted by Gasteiger charge is 2.21. The van der Waals surface area contributed by atoms with Crippen LogP contribution >= 0.6 is 23.2 Å². The third kappa shape index (κ3) is 3.53. The van der Waals surface area contributed by atoms with Crippen LogP contribution in [0.1, 0.15) is 0 Å². The monoisotopic (exact) mass is 346 g/mol. The van der Waals surface area contributed by atoms with Crippen molar-refractivity contribution in [3.05, 3.63) is 46.4 Å². The van der Waals surface area contributed by atoms with Gasteiger partial charge in [-0.05, 0) is 30.3 Å². The second-order valence-electron chi connectivity index (χ2n) is 4.14. The predicted octanol–water partition coefficient (Wildman–Crippen LogP) is 3.39. The number of ether oxygens (including phenoxy) is 1. The fourth-order valence-corrected chi connectivity index (χ4v) is 3.30. The van der Waals surface area contributed by atoms with Crippen molar-refractivity contribution in [2.75, 3.05) is 17.6 Å². The number of nitrogens with two attached hydrogens (primary N) is 1. The molecule has 8 heteroatoms. The average molecular weight is 347 g/mol. The van der Waals surface area contributed by atoms with Gasteiger partial charge in [-0.15, -0.1) is 0 Å². The number of rotatable bonds is 4. The van der Waals surface area contributed by atoms with Crippen LogP contribution in [0.4, 0.5) is 11.4 Å². The second kappa shape index (κ2) is 6.01. The van der Waals surface area contributed by atoms with Crippen LogP contribution in [0.25, 0.3) is 0 Å². The van der Waals surface area contributed by atoms with Gasteiger partial charge in [-0.2, -0.15) is 0 Å². The molecule has 0 bridgehead atoms. The Bertz CT molecular complexity index is 779. The van der Waals surface area contributed by atoms with Gasteiger partial charge in [0.05, 0.1) is 17.8 Å². The van der Waals surface area contributed by atoms with Crippen LogP contribution in [0.5, 0.6) is 5.75 Å². The van der Waals surface area contributed by atoms with Crippen molar-refractivity contribution >= 4 is 44.6 Å². The van der Waals surface area contributed by atoms with Gasteiger partial charge in [-0.3, -0.25) is 4.72 Å². The number of nitrogen functional groups attached to an aromatic ring is 1. The molecule has 0 amide bonds. The number of methoxy groups -OCH3 is 1. The van der Waals surface area contributed by atoms with Crippen molar-refractivity contribution in [2.24, 2.45) is 0 Å². The summed E-state index contributed by atoms with van der Waals surface area (Å²) in [4.78, 5) is -0.0461. The zero-order valence-corrected chi connectivity index (χ0v) is 13.3. The number of benzene rings is 2. The van der Waals surface area contributed by atoms with Crippen LogP contribution in [0.15, 0.2) is 41.3 Å². The largest absolute Gasteiger partial charge is 0.495 e. The normalized spacial score (nSPS) is 11.2. The maximum Gasteiger partial charge on any atom is 0.265 e. The maximum absolute atomic E-state index is 12.4. The molecule has 0 radical (unpaired) electrons. The number of sulfonamides is 1. The molecule has 0 aliphatic carbocycles. The van der Waals surface area contributed by atoms with E-state index < -0.39 is 10.0 Å². The molecule has 0 saturated carbocycles. The Hall–Kier alpha value is -1.63. The Balaban J connectivity index is 2.46. The Labute approximate surface area is 132 Å². The van der Waals surface area contributed by atoms with Gasteiger partial charge in [0.2, 0.25) is 0 Å². The summed E-state index contributed by atoms with van der Waals surface area (Å²) >= 11 is 11.8. The molecule has 5 nitrogen and oxygen atoms in total. The molecule has 2 rings (SSSR count). The summed E-state index contributed by atoms with van der Waals surface area (Å²) in [6.07, 6.45) is 0. The van der Waals surface area contributed by atoms with Crippen molar-refractivity contribution in [3.63, 3.8) is 0 Å². The van der Waals surface area contributed by atoms with Crippen LogP contribution in [0.3, 0.4) is 0 Å². The Morgan fingerprint density at radius 1 is 1.14 bits per heavy atom. The zero-order valence-electron chi connectivity index (χ0n) is 10.9. The minimum Gasteiger partial charge on any atom is -0.495 e. The standard InChI is InChI=1S/C13H12Cl2N2O3S/c1-20-12-7-9(16)3-5-13(12)21(18,19)17-11-6-8(14)2-4-10(11)15/h2-7,17H,16H2,1H3. The molecule has 2 aromatic carbocycles. The first-order valence-electron chi connectivity index (χ1n) is 5.75. The van der Waals surface area contributed by atoms with Gasteiger partial charge >= 0.3 is 0 Å². The van der Waals surface area contributed by atoms with E-state index in [2.05, 4.69) is 4.72 Å². The van der Waals surface area contributed by atoms with Gasteiger partial charge in [0.1, 0.15) is 10.6 Å². The molecule has 0 aromatic heterocycles. The molecule has 0 spiro atoms. The lowest BCUT2D eigenvalue weighted by Gasteiger charge is -2.13. The Morgan fingerprint density at radius 2 is 1.86 bits per heavy atom. The van der Waals surface area contributed by atoms with E-state index in [0.717, 1.165) is 0 Å². The fourth-order valence-electron chi connectivity index (χ4n) is 1.68. The van der Waals surface area contributed by atoms with Crippen LogP contribution in [0, 0.1) is 0 Å². The number of anilines is 2. The third-order valence-electron chi connectivity index (χ3n) is 2.65. The lowest BCUT2D eigenvalue weighted by molar-refractivity contribution is 0.403. The van der Waals surface area contributed by atoms with Crippen molar-refractivity contribution in [2.45, 2.75) is 4.90 Å². The molecule has 3 N–H and O–H groups in total. The van der Waals surface area contributed by atoms with Crippen molar-refractivity contribution in [3.8, 4) is 5.75 Å². The molecule has 0 heterocycles. The molecular weight excluding hydrogens is 335 g/mol. The van der Waals surface area contributed by atoms with Gasteiger partial charge in [0.15, 0.2) is 0 Å². The second-order valence-corrected chi connectivity index (χ2v) is 6.63. The van der Waals surface area contributed by atoms with E-state index in [1.54, 1.807) is 6.07 Å². The van der Waals surface area contributed by atoms with E-state index in [1.165, 1.54) is 37.4 Å². The predicted molar refractivity (Wildman–Crippen MR) is 84.7 cm³/mol. The van der Waals surface area contributed by atoms with Gasteiger partial charge < -0.3 is 10.5 Å². The summed E-state index contributed by atoms with van der Waals surface area (Å²) in [5.41, 5.74) is 6.19. The van der Waals surface area contributed by atoms with Crippen LogP contribution in [-0.2, 0) is 10.0 Å². The van der Waals surface area contributed by atoms with E-state index in [1.807, 2.05) is 0 Å². The molecule has 112 valence electrons.